The zero-order chi connectivity index (χ0) is 23.5. The number of rotatable bonds is 6. The van der Waals surface area contributed by atoms with Gasteiger partial charge in [0.15, 0.2) is 23.0 Å². The van der Waals surface area contributed by atoms with Gasteiger partial charge in [-0.3, -0.25) is 14.6 Å². The van der Waals surface area contributed by atoms with Crippen LogP contribution in [0.2, 0.25) is 0 Å². The molecule has 0 spiro atoms. The lowest BCUT2D eigenvalue weighted by molar-refractivity contribution is -0.141. The molecular formula is C18H12F4N6O4. The molecule has 10 nitrogen and oxygen atoms in total. The molecule has 32 heavy (non-hydrogen) atoms. The van der Waals surface area contributed by atoms with Crippen LogP contribution >= 0.6 is 0 Å². The fourth-order valence-corrected chi connectivity index (χ4v) is 2.32. The highest BCUT2D eigenvalue weighted by Crippen LogP contribution is 2.34. The van der Waals surface area contributed by atoms with Crippen molar-refractivity contribution in [3.63, 3.8) is 0 Å². The van der Waals surface area contributed by atoms with E-state index >= 15 is 0 Å². The zero-order valence-electron chi connectivity index (χ0n) is 16.0. The number of alkyl halides is 3. The number of primary amides is 1. The number of halogens is 4. The molecule has 0 atom stereocenters. The Hall–Kier alpha value is -4.36. The van der Waals surface area contributed by atoms with Gasteiger partial charge < -0.3 is 20.5 Å². The van der Waals surface area contributed by atoms with Gasteiger partial charge in [0.1, 0.15) is 17.1 Å². The number of ether oxygens (including phenoxy) is 2. The van der Waals surface area contributed by atoms with Gasteiger partial charge in [0.05, 0.1) is 19.5 Å². The van der Waals surface area contributed by atoms with E-state index < -0.39 is 40.9 Å². The largest absolute Gasteiger partial charge is 0.493 e. The lowest BCUT2D eigenvalue weighted by Gasteiger charge is -2.14. The van der Waals surface area contributed by atoms with Crippen LogP contribution in [0.15, 0.2) is 36.7 Å². The molecule has 0 radical (unpaired) electrons. The highest BCUT2D eigenvalue weighted by Gasteiger charge is 2.35. The standard InChI is InChI=1S/C18H12F4N6O4/c1-31-12-4-8(19)2-3-11(12)32-17-9(5-13(27-28-17)18(20,21)22)16(30)26-14-7-24-6-10(25-14)15(23)29/h2-7H,1H3,(H2,23,29)(H,25,26,30). The Morgan fingerprint density at radius 1 is 1.09 bits per heavy atom. The maximum Gasteiger partial charge on any atom is 0.435 e. The number of hydrogen-bond acceptors (Lipinski definition) is 8. The van der Waals surface area contributed by atoms with Gasteiger partial charge in [-0.2, -0.15) is 13.2 Å². The van der Waals surface area contributed by atoms with Crippen LogP contribution in [0.1, 0.15) is 26.5 Å². The maximum absolute atomic E-state index is 13.4. The number of nitrogens with one attached hydrogen (secondary N) is 1. The molecule has 2 amide bonds. The highest BCUT2D eigenvalue weighted by molar-refractivity contribution is 6.05. The molecule has 3 N–H and O–H groups in total. The lowest BCUT2D eigenvalue weighted by atomic mass is 10.2. The minimum atomic E-state index is -4.92. The van der Waals surface area contributed by atoms with Crippen LogP contribution in [-0.2, 0) is 6.18 Å². The number of anilines is 1. The van der Waals surface area contributed by atoms with Crippen LogP contribution in [0, 0.1) is 5.82 Å². The van der Waals surface area contributed by atoms with Gasteiger partial charge in [0.2, 0.25) is 0 Å². The number of carbonyl (C=O) groups excluding carboxylic acids is 2. The third kappa shape index (κ3) is 5.03. The minimum absolute atomic E-state index is 0.113. The Kier molecular flexibility index (Phi) is 6.13. The predicted octanol–water partition coefficient (Wildman–Crippen LogP) is 2.58. The second-order valence-corrected chi connectivity index (χ2v) is 5.95. The topological polar surface area (TPSA) is 142 Å². The van der Waals surface area contributed by atoms with E-state index in [9.17, 15) is 27.2 Å². The molecule has 0 saturated heterocycles. The quantitative estimate of drug-likeness (QED) is 0.544. The molecule has 0 aliphatic rings. The average Bonchev–Trinajstić information content (AvgIpc) is 2.74. The van der Waals surface area contributed by atoms with Crippen molar-refractivity contribution in [1.29, 1.82) is 0 Å². The summed E-state index contributed by atoms with van der Waals surface area (Å²) in [6, 6.07) is 3.48. The first-order valence-electron chi connectivity index (χ1n) is 8.48. The van der Waals surface area contributed by atoms with Crippen molar-refractivity contribution < 1.29 is 36.6 Å². The average molecular weight is 452 g/mol. The smallest absolute Gasteiger partial charge is 0.435 e. The van der Waals surface area contributed by atoms with Crippen molar-refractivity contribution >= 4 is 17.6 Å². The first-order valence-corrected chi connectivity index (χ1v) is 8.48. The summed E-state index contributed by atoms with van der Waals surface area (Å²) in [4.78, 5) is 31.3. The highest BCUT2D eigenvalue weighted by atomic mass is 19.4. The van der Waals surface area contributed by atoms with Gasteiger partial charge in [0, 0.05) is 6.07 Å². The van der Waals surface area contributed by atoms with E-state index in [1.807, 2.05) is 0 Å². The Bertz CT molecular complexity index is 1190. The minimum Gasteiger partial charge on any atom is -0.493 e. The van der Waals surface area contributed by atoms with Crippen molar-refractivity contribution in [3.8, 4) is 17.4 Å². The molecule has 0 saturated carbocycles. The van der Waals surface area contributed by atoms with Crippen LogP contribution in [0.4, 0.5) is 23.4 Å². The van der Waals surface area contributed by atoms with Crippen LogP contribution in [0.3, 0.4) is 0 Å². The Balaban J connectivity index is 2.01. The van der Waals surface area contributed by atoms with Crippen LogP contribution < -0.4 is 20.5 Å². The van der Waals surface area contributed by atoms with Crippen molar-refractivity contribution in [2.45, 2.75) is 6.18 Å². The molecule has 3 aromatic rings. The molecule has 166 valence electrons. The van der Waals surface area contributed by atoms with Crippen LogP contribution in [0.25, 0.3) is 0 Å². The molecule has 1 aromatic carbocycles. The summed E-state index contributed by atoms with van der Waals surface area (Å²) < 4.78 is 63.1. The normalized spacial score (nSPS) is 11.0. The number of carbonyl (C=O) groups is 2. The molecule has 0 fully saturated rings. The second kappa shape index (κ2) is 8.79. The molecule has 2 heterocycles. The van der Waals surface area contributed by atoms with Crippen LogP contribution in [-0.4, -0.2) is 39.1 Å². The van der Waals surface area contributed by atoms with E-state index in [1.165, 1.54) is 7.11 Å². The number of hydrogen-bond donors (Lipinski definition) is 2. The molecule has 0 aliphatic carbocycles. The van der Waals surface area contributed by atoms with E-state index in [1.54, 1.807) is 0 Å². The molecule has 0 aliphatic heterocycles. The molecule has 0 unspecified atom stereocenters. The van der Waals surface area contributed by atoms with Crippen molar-refractivity contribution in [1.82, 2.24) is 20.2 Å². The Morgan fingerprint density at radius 2 is 1.84 bits per heavy atom. The number of nitrogens with zero attached hydrogens (tertiary/aromatic N) is 4. The van der Waals surface area contributed by atoms with E-state index in [4.69, 9.17) is 15.2 Å². The summed E-state index contributed by atoms with van der Waals surface area (Å²) in [5, 5.41) is 8.53. The van der Waals surface area contributed by atoms with E-state index in [-0.39, 0.29) is 23.0 Å². The van der Waals surface area contributed by atoms with Gasteiger partial charge in [-0.05, 0) is 18.2 Å². The van der Waals surface area contributed by atoms with Gasteiger partial charge >= 0.3 is 6.18 Å². The zero-order valence-corrected chi connectivity index (χ0v) is 16.0. The second-order valence-electron chi connectivity index (χ2n) is 5.95. The number of benzene rings is 1. The number of nitrogens with two attached hydrogens (primary N) is 1. The summed E-state index contributed by atoms with van der Waals surface area (Å²) in [5.74, 6) is -3.92. The predicted molar refractivity (Wildman–Crippen MR) is 98.6 cm³/mol. The molecule has 2 aromatic heterocycles. The molecular weight excluding hydrogens is 440 g/mol. The Morgan fingerprint density at radius 3 is 2.50 bits per heavy atom. The summed E-state index contributed by atoms with van der Waals surface area (Å²) in [7, 11) is 1.21. The Labute approximate surface area is 176 Å². The summed E-state index contributed by atoms with van der Waals surface area (Å²) in [5.41, 5.74) is 2.63. The fraction of sp³-hybridized carbons (Fsp3) is 0.111. The van der Waals surface area contributed by atoms with Crippen LogP contribution in [0.5, 0.6) is 17.4 Å². The first kappa shape index (κ1) is 22.3. The van der Waals surface area contributed by atoms with Gasteiger partial charge in [-0.1, -0.05) is 0 Å². The number of amides is 2. The van der Waals surface area contributed by atoms with Gasteiger partial charge in [0.25, 0.3) is 17.7 Å². The first-order chi connectivity index (χ1) is 15.1. The van der Waals surface area contributed by atoms with Crippen molar-refractivity contribution in [3.05, 3.63) is 59.4 Å². The summed E-state index contributed by atoms with van der Waals surface area (Å²) in [6.07, 6.45) is -2.85. The third-order valence-electron chi connectivity index (χ3n) is 3.76. The number of aromatic nitrogens is 4. The lowest BCUT2D eigenvalue weighted by Crippen LogP contribution is -2.20. The van der Waals surface area contributed by atoms with Crippen molar-refractivity contribution in [2.75, 3.05) is 12.4 Å². The van der Waals surface area contributed by atoms with E-state index in [0.717, 1.165) is 30.6 Å². The van der Waals surface area contributed by atoms with E-state index in [0.29, 0.717) is 6.07 Å². The van der Waals surface area contributed by atoms with Gasteiger partial charge in [-0.25, -0.2) is 9.37 Å². The van der Waals surface area contributed by atoms with Gasteiger partial charge in [-0.15, -0.1) is 10.2 Å². The summed E-state index contributed by atoms with van der Waals surface area (Å²) in [6.45, 7) is 0. The van der Waals surface area contributed by atoms with Crippen molar-refractivity contribution in [2.24, 2.45) is 5.73 Å². The third-order valence-corrected chi connectivity index (χ3v) is 3.76. The maximum atomic E-state index is 13.4. The molecule has 0 bridgehead atoms. The number of methoxy groups -OCH3 is 1. The summed E-state index contributed by atoms with van der Waals surface area (Å²) >= 11 is 0. The SMILES string of the molecule is COc1cc(F)ccc1Oc1nnc(C(F)(F)F)cc1C(=O)Nc1cncc(C(N)=O)n1. The fourth-order valence-electron chi connectivity index (χ4n) is 2.32. The molecule has 3 rings (SSSR count). The monoisotopic (exact) mass is 452 g/mol. The van der Waals surface area contributed by atoms with E-state index in [2.05, 4.69) is 25.5 Å². The molecule has 14 heteroatoms.